The first kappa shape index (κ1) is 11.0. The molecule has 2 aliphatic heterocycles. The van der Waals surface area contributed by atoms with Gasteiger partial charge in [0.15, 0.2) is 0 Å². The maximum absolute atomic E-state index is 4.40. The summed E-state index contributed by atoms with van der Waals surface area (Å²) >= 11 is 0. The molecule has 1 unspecified atom stereocenters. The Bertz CT molecular complexity index is 417. The van der Waals surface area contributed by atoms with Crippen LogP contribution in [0, 0.1) is 0 Å². The molecular weight excluding hydrogens is 224 g/mol. The van der Waals surface area contributed by atoms with Crippen molar-refractivity contribution in [3.05, 3.63) is 18.2 Å². The first-order chi connectivity index (χ1) is 8.92. The number of imidazole rings is 1. The van der Waals surface area contributed by atoms with Crippen LogP contribution in [-0.4, -0.2) is 40.1 Å². The van der Waals surface area contributed by atoms with Crippen molar-refractivity contribution in [3.8, 4) is 0 Å². The summed E-state index contributed by atoms with van der Waals surface area (Å²) < 4.78 is 2.45. The quantitative estimate of drug-likeness (QED) is 0.881. The first-order valence-electron chi connectivity index (χ1n) is 7.41. The fourth-order valence-electron chi connectivity index (χ4n) is 3.59. The highest BCUT2D eigenvalue weighted by atomic mass is 15.3. The highest BCUT2D eigenvalue weighted by Gasteiger charge is 2.35. The summed E-state index contributed by atoms with van der Waals surface area (Å²) in [7, 11) is 0. The Morgan fingerprint density at radius 2 is 2.11 bits per heavy atom. The minimum atomic E-state index is 0.544. The van der Waals surface area contributed by atoms with Crippen LogP contribution in [0.25, 0.3) is 0 Å². The average Bonchev–Trinajstić information content (AvgIpc) is 2.91. The third kappa shape index (κ3) is 1.88. The number of nitrogens with one attached hydrogen (secondary N) is 1. The van der Waals surface area contributed by atoms with Gasteiger partial charge in [0.2, 0.25) is 0 Å². The van der Waals surface area contributed by atoms with Crippen molar-refractivity contribution >= 4 is 0 Å². The molecule has 4 nitrogen and oxygen atoms in total. The zero-order valence-corrected chi connectivity index (χ0v) is 10.9. The molecule has 1 aromatic heterocycles. The van der Waals surface area contributed by atoms with Gasteiger partial charge in [-0.15, -0.1) is 0 Å². The van der Waals surface area contributed by atoms with E-state index in [9.17, 15) is 0 Å². The third-order valence-electron chi connectivity index (χ3n) is 4.76. The van der Waals surface area contributed by atoms with Crippen LogP contribution in [0.2, 0.25) is 0 Å². The number of hydrogen-bond donors (Lipinski definition) is 1. The molecule has 0 bridgehead atoms. The van der Waals surface area contributed by atoms with E-state index in [0.717, 1.165) is 12.6 Å². The fourth-order valence-corrected chi connectivity index (χ4v) is 3.59. The highest BCUT2D eigenvalue weighted by molar-refractivity contribution is 5.10. The lowest BCUT2D eigenvalue weighted by molar-refractivity contribution is 0.311. The molecule has 0 aromatic carbocycles. The maximum Gasteiger partial charge on any atom is 0.0951 e. The molecule has 4 rings (SSSR count). The number of likely N-dealkylation sites (tertiary alicyclic amines) is 1. The normalized spacial score (nSPS) is 33.3. The second kappa shape index (κ2) is 4.35. The van der Waals surface area contributed by atoms with Gasteiger partial charge in [-0.25, -0.2) is 4.98 Å². The molecule has 1 aliphatic carbocycles. The lowest BCUT2D eigenvalue weighted by Gasteiger charge is -2.20. The van der Waals surface area contributed by atoms with Crippen molar-refractivity contribution in [2.75, 3.05) is 19.6 Å². The monoisotopic (exact) mass is 246 g/mol. The van der Waals surface area contributed by atoms with E-state index in [0.29, 0.717) is 12.1 Å². The summed E-state index contributed by atoms with van der Waals surface area (Å²) in [6.45, 7) is 3.68. The van der Waals surface area contributed by atoms with Crippen LogP contribution >= 0.6 is 0 Å². The molecule has 3 fully saturated rings. The summed E-state index contributed by atoms with van der Waals surface area (Å²) in [6.07, 6.45) is 10.8. The van der Waals surface area contributed by atoms with Crippen molar-refractivity contribution in [3.63, 3.8) is 0 Å². The van der Waals surface area contributed by atoms with E-state index in [2.05, 4.69) is 32.3 Å². The average molecular weight is 246 g/mol. The number of nitrogens with zero attached hydrogens (tertiary/aromatic N) is 3. The molecule has 0 radical (unpaired) electrons. The molecule has 0 amide bonds. The molecule has 4 heteroatoms. The van der Waals surface area contributed by atoms with E-state index < -0.39 is 0 Å². The zero-order chi connectivity index (χ0) is 11.9. The molecular formula is C14H22N4. The molecule has 0 spiro atoms. The molecule has 1 saturated carbocycles. The molecule has 1 aromatic rings. The smallest absolute Gasteiger partial charge is 0.0951 e. The van der Waals surface area contributed by atoms with Crippen LogP contribution in [0.4, 0.5) is 0 Å². The molecule has 98 valence electrons. The van der Waals surface area contributed by atoms with Gasteiger partial charge in [-0.2, -0.15) is 0 Å². The van der Waals surface area contributed by atoms with Crippen LogP contribution in [-0.2, 0) is 0 Å². The van der Waals surface area contributed by atoms with Crippen molar-refractivity contribution in [2.45, 2.75) is 50.2 Å². The molecule has 3 heterocycles. The van der Waals surface area contributed by atoms with Crippen LogP contribution in [0.3, 0.4) is 0 Å². The molecule has 2 saturated heterocycles. The van der Waals surface area contributed by atoms with Gasteiger partial charge in [0.1, 0.15) is 0 Å². The Balaban J connectivity index is 1.52. The van der Waals surface area contributed by atoms with Gasteiger partial charge >= 0.3 is 0 Å². The lowest BCUT2D eigenvalue weighted by Crippen LogP contribution is -2.25. The first-order valence-corrected chi connectivity index (χ1v) is 7.41. The summed E-state index contributed by atoms with van der Waals surface area (Å²) in [5.41, 5.74) is 1.41. The third-order valence-corrected chi connectivity index (χ3v) is 4.76. The maximum atomic E-state index is 4.40. The van der Waals surface area contributed by atoms with Gasteiger partial charge < -0.3 is 9.88 Å². The van der Waals surface area contributed by atoms with E-state index in [1.165, 1.54) is 50.9 Å². The van der Waals surface area contributed by atoms with Gasteiger partial charge in [0.25, 0.3) is 0 Å². The van der Waals surface area contributed by atoms with Crippen molar-refractivity contribution in [1.82, 2.24) is 19.8 Å². The van der Waals surface area contributed by atoms with E-state index in [1.54, 1.807) is 0 Å². The van der Waals surface area contributed by atoms with Gasteiger partial charge in [-0.1, -0.05) is 0 Å². The Morgan fingerprint density at radius 3 is 2.89 bits per heavy atom. The van der Waals surface area contributed by atoms with Crippen molar-refractivity contribution < 1.29 is 0 Å². The lowest BCUT2D eigenvalue weighted by atomic mass is 10.1. The molecule has 1 N–H and O–H groups in total. The minimum absolute atomic E-state index is 0.544. The highest BCUT2D eigenvalue weighted by Crippen LogP contribution is 2.35. The van der Waals surface area contributed by atoms with E-state index in [-0.39, 0.29) is 0 Å². The largest absolute Gasteiger partial charge is 0.329 e. The van der Waals surface area contributed by atoms with Gasteiger partial charge in [-0.3, -0.25) is 4.90 Å². The Morgan fingerprint density at radius 1 is 1.17 bits per heavy atom. The minimum Gasteiger partial charge on any atom is -0.329 e. The summed E-state index contributed by atoms with van der Waals surface area (Å²) in [5.74, 6) is 0. The number of aromatic nitrogens is 2. The number of rotatable bonds is 3. The molecule has 2 atom stereocenters. The van der Waals surface area contributed by atoms with Crippen LogP contribution in [0.5, 0.6) is 0 Å². The number of hydrogen-bond acceptors (Lipinski definition) is 3. The molecule has 18 heavy (non-hydrogen) atoms. The molecule has 3 aliphatic rings. The van der Waals surface area contributed by atoms with E-state index in [1.807, 2.05) is 0 Å². The van der Waals surface area contributed by atoms with Crippen molar-refractivity contribution in [1.29, 1.82) is 0 Å². The topological polar surface area (TPSA) is 33.1 Å². The van der Waals surface area contributed by atoms with Gasteiger partial charge in [-0.05, 0) is 38.6 Å². The summed E-state index contributed by atoms with van der Waals surface area (Å²) in [4.78, 5) is 7.08. The second-order valence-electron chi connectivity index (χ2n) is 6.04. The fraction of sp³-hybridized carbons (Fsp3) is 0.786. The van der Waals surface area contributed by atoms with Crippen LogP contribution in [0.15, 0.2) is 12.5 Å². The van der Waals surface area contributed by atoms with E-state index in [4.69, 9.17) is 0 Å². The Kier molecular flexibility index (Phi) is 2.66. The summed E-state index contributed by atoms with van der Waals surface area (Å²) in [5, 5.41) is 3.59. The van der Waals surface area contributed by atoms with Gasteiger partial charge in [0.05, 0.1) is 12.0 Å². The Labute approximate surface area is 108 Å². The van der Waals surface area contributed by atoms with Crippen LogP contribution in [0.1, 0.15) is 49.9 Å². The van der Waals surface area contributed by atoms with Gasteiger partial charge in [0, 0.05) is 37.4 Å². The van der Waals surface area contributed by atoms with Crippen LogP contribution < -0.4 is 5.32 Å². The van der Waals surface area contributed by atoms with Crippen molar-refractivity contribution in [2.24, 2.45) is 0 Å². The Hall–Kier alpha value is -0.870. The summed E-state index contributed by atoms with van der Waals surface area (Å²) in [6, 6.07) is 2.11. The predicted octanol–water partition coefficient (Wildman–Crippen LogP) is 1.72. The standard InChI is InChI=1S/C14H22N4/c1-2-13(16-6-1)14-8-15-10-18(14)12-5-7-17(9-12)11-3-4-11/h8,10-13,16H,1-7,9H2/t12?,13-/m0/s1. The SMILES string of the molecule is c1ncn(C2CCN(C3CC3)C2)c1[C@@H]1CCCN1. The predicted molar refractivity (Wildman–Crippen MR) is 70.5 cm³/mol. The van der Waals surface area contributed by atoms with E-state index >= 15 is 0 Å². The zero-order valence-electron chi connectivity index (χ0n) is 10.9. The second-order valence-corrected chi connectivity index (χ2v) is 6.04.